The normalized spacial score (nSPS) is 17.5. The summed E-state index contributed by atoms with van der Waals surface area (Å²) in [5.74, 6) is 1.93. The second kappa shape index (κ2) is 9.61. The Balaban J connectivity index is 1.66. The third-order valence-corrected chi connectivity index (χ3v) is 4.96. The van der Waals surface area contributed by atoms with Gasteiger partial charge in [0.05, 0.1) is 11.3 Å². The zero-order valence-corrected chi connectivity index (χ0v) is 18.3. The molecule has 0 aliphatic carbocycles. The topological polar surface area (TPSA) is 102 Å². The third kappa shape index (κ3) is 5.50. The molecular weight excluding hydrogens is 378 g/mol. The Kier molecular flexibility index (Phi) is 6.93. The van der Waals surface area contributed by atoms with Crippen molar-refractivity contribution in [2.24, 2.45) is 4.99 Å². The van der Waals surface area contributed by atoms with E-state index in [9.17, 15) is 5.26 Å². The fraction of sp³-hybridized carbons (Fsp3) is 0.545. The van der Waals surface area contributed by atoms with Crippen molar-refractivity contribution in [2.75, 3.05) is 24.5 Å². The molecule has 1 aromatic carbocycles. The first-order valence-electron chi connectivity index (χ1n) is 10.5. The molecule has 1 aliphatic heterocycles. The van der Waals surface area contributed by atoms with Gasteiger partial charge in [0.25, 0.3) is 0 Å². The quantitative estimate of drug-likeness (QED) is 0.578. The van der Waals surface area contributed by atoms with E-state index in [0.29, 0.717) is 23.8 Å². The highest BCUT2D eigenvalue weighted by Gasteiger charge is 2.23. The smallest absolute Gasteiger partial charge is 0.232 e. The van der Waals surface area contributed by atoms with Crippen molar-refractivity contribution < 1.29 is 4.52 Å². The van der Waals surface area contributed by atoms with Gasteiger partial charge in [-0.1, -0.05) is 38.1 Å². The number of anilines is 1. The minimum atomic E-state index is -0.178. The van der Waals surface area contributed by atoms with Gasteiger partial charge >= 0.3 is 0 Å². The molecule has 2 heterocycles. The van der Waals surface area contributed by atoms with Crippen molar-refractivity contribution >= 4 is 11.6 Å². The van der Waals surface area contributed by atoms with Crippen molar-refractivity contribution in [3.8, 4) is 6.07 Å². The van der Waals surface area contributed by atoms with Gasteiger partial charge in [0.1, 0.15) is 12.6 Å². The van der Waals surface area contributed by atoms with Crippen LogP contribution >= 0.6 is 0 Å². The maximum atomic E-state index is 9.42. The van der Waals surface area contributed by atoms with Crippen molar-refractivity contribution in [3.05, 3.63) is 41.5 Å². The molecule has 8 nitrogen and oxygen atoms in total. The SMILES string of the molecule is CCNC(=NCc1noc(C(C)(C)C)n1)NC1CCCN(c2ccccc2C#N)C1. The van der Waals surface area contributed by atoms with E-state index in [2.05, 4.69) is 36.7 Å². The highest BCUT2D eigenvalue weighted by Crippen LogP contribution is 2.23. The van der Waals surface area contributed by atoms with Crippen LogP contribution in [0.25, 0.3) is 0 Å². The molecule has 1 fully saturated rings. The van der Waals surface area contributed by atoms with Gasteiger partial charge in [0.15, 0.2) is 11.8 Å². The number of hydrogen-bond donors (Lipinski definition) is 2. The Morgan fingerprint density at radius 2 is 2.17 bits per heavy atom. The van der Waals surface area contributed by atoms with E-state index in [0.717, 1.165) is 44.1 Å². The zero-order chi connectivity index (χ0) is 21.6. The van der Waals surface area contributed by atoms with Crippen molar-refractivity contribution in [3.63, 3.8) is 0 Å². The summed E-state index contributed by atoms with van der Waals surface area (Å²) >= 11 is 0. The largest absolute Gasteiger partial charge is 0.368 e. The van der Waals surface area contributed by atoms with Crippen LogP contribution in [0.5, 0.6) is 0 Å². The Bertz CT molecular complexity index is 907. The fourth-order valence-electron chi connectivity index (χ4n) is 3.44. The summed E-state index contributed by atoms with van der Waals surface area (Å²) < 4.78 is 5.35. The first-order valence-corrected chi connectivity index (χ1v) is 10.5. The summed E-state index contributed by atoms with van der Waals surface area (Å²) in [7, 11) is 0. The number of guanidine groups is 1. The Hall–Kier alpha value is -3.08. The number of piperidine rings is 1. The van der Waals surface area contributed by atoms with Crippen molar-refractivity contribution in [1.29, 1.82) is 5.26 Å². The van der Waals surface area contributed by atoms with Crippen LogP contribution in [0.15, 0.2) is 33.8 Å². The van der Waals surface area contributed by atoms with Gasteiger partial charge in [-0.3, -0.25) is 0 Å². The molecule has 3 rings (SSSR count). The van der Waals surface area contributed by atoms with Crippen LogP contribution in [0.2, 0.25) is 0 Å². The number of aromatic nitrogens is 2. The monoisotopic (exact) mass is 409 g/mol. The predicted octanol–water partition coefficient (Wildman–Crippen LogP) is 2.96. The van der Waals surface area contributed by atoms with Gasteiger partial charge in [-0.2, -0.15) is 10.2 Å². The summed E-state index contributed by atoms with van der Waals surface area (Å²) in [4.78, 5) is 11.4. The predicted molar refractivity (Wildman–Crippen MR) is 117 cm³/mol. The molecule has 2 aromatic rings. The highest BCUT2D eigenvalue weighted by atomic mass is 16.5. The van der Waals surface area contributed by atoms with Gasteiger partial charge in [-0.05, 0) is 31.9 Å². The lowest BCUT2D eigenvalue weighted by Crippen LogP contribution is -2.51. The van der Waals surface area contributed by atoms with Gasteiger partial charge in [0.2, 0.25) is 5.89 Å². The van der Waals surface area contributed by atoms with Crippen LogP contribution in [0.3, 0.4) is 0 Å². The molecule has 1 aliphatic rings. The number of nitriles is 1. The molecule has 160 valence electrons. The minimum Gasteiger partial charge on any atom is -0.368 e. The summed E-state index contributed by atoms with van der Waals surface area (Å²) in [6.45, 7) is 11.0. The lowest BCUT2D eigenvalue weighted by Gasteiger charge is -2.35. The van der Waals surface area contributed by atoms with Crippen LogP contribution in [-0.4, -0.2) is 41.8 Å². The maximum Gasteiger partial charge on any atom is 0.232 e. The van der Waals surface area contributed by atoms with Crippen molar-refractivity contribution in [2.45, 2.75) is 58.5 Å². The Labute approximate surface area is 178 Å². The number of rotatable bonds is 5. The Morgan fingerprint density at radius 3 is 2.87 bits per heavy atom. The van der Waals surface area contributed by atoms with Crippen LogP contribution in [0, 0.1) is 11.3 Å². The molecule has 0 saturated carbocycles. The molecule has 2 N–H and O–H groups in total. The first kappa shape index (κ1) is 21.6. The molecule has 1 saturated heterocycles. The minimum absolute atomic E-state index is 0.178. The zero-order valence-electron chi connectivity index (χ0n) is 18.3. The lowest BCUT2D eigenvalue weighted by molar-refractivity contribution is 0.318. The van der Waals surface area contributed by atoms with Crippen molar-refractivity contribution in [1.82, 2.24) is 20.8 Å². The van der Waals surface area contributed by atoms with E-state index in [1.807, 2.05) is 52.0 Å². The van der Waals surface area contributed by atoms with E-state index < -0.39 is 0 Å². The molecule has 8 heteroatoms. The van der Waals surface area contributed by atoms with Crippen LogP contribution in [-0.2, 0) is 12.0 Å². The number of hydrogen-bond acceptors (Lipinski definition) is 6. The number of aliphatic imine (C=N–C) groups is 1. The molecule has 1 unspecified atom stereocenters. The molecule has 1 aromatic heterocycles. The molecule has 0 amide bonds. The number of benzene rings is 1. The third-order valence-electron chi connectivity index (χ3n) is 4.96. The van der Waals surface area contributed by atoms with E-state index in [4.69, 9.17) is 4.52 Å². The average molecular weight is 410 g/mol. The van der Waals surface area contributed by atoms with E-state index >= 15 is 0 Å². The Morgan fingerprint density at radius 1 is 1.37 bits per heavy atom. The van der Waals surface area contributed by atoms with E-state index in [-0.39, 0.29) is 11.5 Å². The molecule has 0 spiro atoms. The maximum absolute atomic E-state index is 9.42. The van der Waals surface area contributed by atoms with Gasteiger partial charge in [-0.25, -0.2) is 4.99 Å². The molecule has 1 atom stereocenters. The highest BCUT2D eigenvalue weighted by molar-refractivity contribution is 5.80. The number of nitrogens with one attached hydrogen (secondary N) is 2. The molecule has 30 heavy (non-hydrogen) atoms. The van der Waals surface area contributed by atoms with Crippen LogP contribution in [0.4, 0.5) is 5.69 Å². The second-order valence-electron chi connectivity index (χ2n) is 8.52. The number of para-hydroxylation sites is 1. The van der Waals surface area contributed by atoms with Crippen LogP contribution < -0.4 is 15.5 Å². The number of nitrogens with zero attached hydrogens (tertiary/aromatic N) is 5. The van der Waals surface area contributed by atoms with Gasteiger partial charge in [-0.15, -0.1) is 0 Å². The molecular formula is C22H31N7O. The molecule has 0 radical (unpaired) electrons. The summed E-state index contributed by atoms with van der Waals surface area (Å²) in [5.41, 5.74) is 1.53. The summed E-state index contributed by atoms with van der Waals surface area (Å²) in [5, 5.41) is 20.3. The first-order chi connectivity index (χ1) is 14.4. The van der Waals surface area contributed by atoms with Gasteiger partial charge in [0, 0.05) is 31.1 Å². The average Bonchev–Trinajstić information content (AvgIpc) is 3.22. The molecule has 0 bridgehead atoms. The second-order valence-corrected chi connectivity index (χ2v) is 8.52. The van der Waals surface area contributed by atoms with Gasteiger partial charge < -0.3 is 20.1 Å². The standard InChI is InChI=1S/C22H31N7O/c1-5-24-21(25-14-19-27-20(30-28-19)22(2,3)4)26-17-10-8-12-29(15-17)18-11-7-6-9-16(18)13-23/h6-7,9,11,17H,5,8,10,12,14-15H2,1-4H3,(H2,24,25,26). The summed E-state index contributed by atoms with van der Waals surface area (Å²) in [6.07, 6.45) is 2.10. The lowest BCUT2D eigenvalue weighted by atomic mass is 9.97. The van der Waals surface area contributed by atoms with E-state index in [1.54, 1.807) is 0 Å². The van der Waals surface area contributed by atoms with Crippen LogP contribution in [0.1, 0.15) is 57.8 Å². The summed E-state index contributed by atoms with van der Waals surface area (Å²) in [6, 6.07) is 10.3. The fourth-order valence-corrected chi connectivity index (χ4v) is 3.44. The van der Waals surface area contributed by atoms with E-state index in [1.165, 1.54) is 0 Å².